The SMILES string of the molecule is CCC(C(=O)NC(CC(=O)O)C(=O)CN(C)CCCCCCF)n1ccnc(NCC(=N)C(C)=N)c1=O. The van der Waals surface area contributed by atoms with E-state index in [-0.39, 0.29) is 43.4 Å². The number of nitrogens with zero attached hydrogens (tertiary/aromatic N) is 3. The van der Waals surface area contributed by atoms with E-state index in [0.29, 0.717) is 13.0 Å². The van der Waals surface area contributed by atoms with Gasteiger partial charge in [-0.1, -0.05) is 19.8 Å². The van der Waals surface area contributed by atoms with Crippen LogP contribution in [-0.2, 0) is 14.4 Å². The van der Waals surface area contributed by atoms with Crippen LogP contribution in [0.1, 0.15) is 58.4 Å². The number of amides is 1. The fourth-order valence-electron chi connectivity index (χ4n) is 3.58. The van der Waals surface area contributed by atoms with Crippen molar-refractivity contribution in [2.75, 3.05) is 38.7 Å². The smallest absolute Gasteiger partial charge is 0.305 e. The zero-order valence-corrected chi connectivity index (χ0v) is 21.7. The minimum atomic E-state index is -1.28. The zero-order valence-electron chi connectivity index (χ0n) is 21.7. The van der Waals surface area contributed by atoms with Crippen molar-refractivity contribution in [3.05, 3.63) is 22.7 Å². The number of rotatable bonds is 19. The largest absolute Gasteiger partial charge is 0.481 e. The summed E-state index contributed by atoms with van der Waals surface area (Å²) in [6.07, 6.45) is 5.03. The zero-order chi connectivity index (χ0) is 28.0. The molecular weight excluding hydrogens is 485 g/mol. The van der Waals surface area contributed by atoms with Gasteiger partial charge in [0.25, 0.3) is 5.56 Å². The Hall–Kier alpha value is -3.48. The highest BCUT2D eigenvalue weighted by Gasteiger charge is 2.29. The van der Waals surface area contributed by atoms with E-state index in [1.807, 2.05) is 0 Å². The maximum Gasteiger partial charge on any atom is 0.305 e. The Kier molecular flexibility index (Phi) is 13.9. The molecule has 0 aliphatic heterocycles. The van der Waals surface area contributed by atoms with Crippen LogP contribution in [0.2, 0.25) is 0 Å². The molecule has 0 aliphatic rings. The number of hydrogen-bond acceptors (Lipinski definition) is 9. The van der Waals surface area contributed by atoms with E-state index in [0.717, 1.165) is 23.8 Å². The first-order valence-electron chi connectivity index (χ1n) is 12.2. The topological polar surface area (TPSA) is 181 Å². The molecule has 1 heterocycles. The number of carboxylic acids is 1. The van der Waals surface area contributed by atoms with E-state index >= 15 is 0 Å². The highest BCUT2D eigenvalue weighted by Crippen LogP contribution is 2.11. The van der Waals surface area contributed by atoms with E-state index in [2.05, 4.69) is 15.6 Å². The fraction of sp³-hybridized carbons (Fsp3) is 0.625. The summed E-state index contributed by atoms with van der Waals surface area (Å²) < 4.78 is 13.3. The van der Waals surface area contributed by atoms with Gasteiger partial charge >= 0.3 is 5.97 Å². The predicted octanol–water partition coefficient (Wildman–Crippen LogP) is 1.66. The first-order chi connectivity index (χ1) is 17.5. The van der Waals surface area contributed by atoms with E-state index in [9.17, 15) is 28.7 Å². The summed E-state index contributed by atoms with van der Waals surface area (Å²) in [5, 5.41) is 29.6. The van der Waals surface area contributed by atoms with E-state index in [1.165, 1.54) is 19.3 Å². The van der Waals surface area contributed by atoms with E-state index in [4.69, 9.17) is 10.8 Å². The summed E-state index contributed by atoms with van der Waals surface area (Å²) in [4.78, 5) is 55.9. The van der Waals surface area contributed by atoms with Crippen LogP contribution in [0.3, 0.4) is 0 Å². The Morgan fingerprint density at radius 2 is 1.89 bits per heavy atom. The van der Waals surface area contributed by atoms with Gasteiger partial charge in [0.15, 0.2) is 11.6 Å². The van der Waals surface area contributed by atoms with Crippen molar-refractivity contribution in [3.63, 3.8) is 0 Å². The highest BCUT2D eigenvalue weighted by molar-refractivity contribution is 6.40. The van der Waals surface area contributed by atoms with E-state index in [1.54, 1.807) is 18.9 Å². The number of alkyl halides is 1. The molecule has 2 unspecified atom stereocenters. The van der Waals surface area contributed by atoms with Gasteiger partial charge < -0.3 is 26.6 Å². The molecule has 206 valence electrons. The molecule has 0 spiro atoms. The molecule has 1 rings (SSSR count). The Morgan fingerprint density at radius 1 is 1.22 bits per heavy atom. The van der Waals surface area contributed by atoms with Crippen LogP contribution in [-0.4, -0.2) is 88.0 Å². The van der Waals surface area contributed by atoms with Crippen LogP contribution in [0.4, 0.5) is 10.2 Å². The lowest BCUT2D eigenvalue weighted by Gasteiger charge is -2.24. The van der Waals surface area contributed by atoms with Gasteiger partial charge in [0, 0.05) is 12.4 Å². The van der Waals surface area contributed by atoms with Crippen LogP contribution in [0.15, 0.2) is 17.2 Å². The fourth-order valence-corrected chi connectivity index (χ4v) is 3.58. The lowest BCUT2D eigenvalue weighted by molar-refractivity contribution is -0.140. The summed E-state index contributed by atoms with van der Waals surface area (Å²) >= 11 is 0. The summed E-state index contributed by atoms with van der Waals surface area (Å²) in [6, 6.07) is -2.31. The number of carbonyl (C=O) groups is 3. The molecule has 37 heavy (non-hydrogen) atoms. The van der Waals surface area contributed by atoms with Crippen LogP contribution in [0, 0.1) is 10.8 Å². The second-order valence-corrected chi connectivity index (χ2v) is 8.84. The molecule has 13 heteroatoms. The molecule has 0 bridgehead atoms. The molecule has 1 amide bonds. The summed E-state index contributed by atoms with van der Waals surface area (Å²) in [7, 11) is 1.71. The standard InChI is InChI=1S/C24H38FN7O5/c1-4-19(32-12-10-28-22(24(32)37)29-14-17(27)16(2)26)23(36)30-18(13-21(34)35)20(33)15-31(3)11-8-6-5-7-9-25/h10,12,18-19,26-27H,4-9,11,13-15H2,1-3H3,(H,28,29)(H,30,36)(H,34,35). The number of halogens is 1. The maximum absolute atomic E-state index is 13.1. The molecule has 0 aliphatic carbocycles. The second-order valence-electron chi connectivity index (χ2n) is 8.84. The Bertz CT molecular complexity index is 1010. The third kappa shape index (κ3) is 11.0. The summed E-state index contributed by atoms with van der Waals surface area (Å²) in [6.45, 7) is 3.16. The first kappa shape index (κ1) is 31.5. The molecule has 5 N–H and O–H groups in total. The van der Waals surface area contributed by atoms with Crippen molar-refractivity contribution >= 4 is 34.9 Å². The third-order valence-corrected chi connectivity index (χ3v) is 5.71. The van der Waals surface area contributed by atoms with Gasteiger partial charge in [0.1, 0.15) is 6.04 Å². The van der Waals surface area contributed by atoms with Gasteiger partial charge in [-0.3, -0.25) is 33.0 Å². The second kappa shape index (κ2) is 16.3. The number of likely N-dealkylation sites (N-methyl/N-ethyl adjacent to an activating group) is 1. The predicted molar refractivity (Wildman–Crippen MR) is 139 cm³/mol. The lowest BCUT2D eigenvalue weighted by atomic mass is 10.1. The summed E-state index contributed by atoms with van der Waals surface area (Å²) in [5.74, 6) is -2.51. The molecule has 1 aromatic heterocycles. The van der Waals surface area contributed by atoms with Gasteiger partial charge in [0.2, 0.25) is 5.91 Å². The summed E-state index contributed by atoms with van der Waals surface area (Å²) in [5.41, 5.74) is -0.624. The molecule has 0 radical (unpaired) electrons. The number of unbranched alkanes of at least 4 members (excludes halogenated alkanes) is 3. The number of hydrogen-bond donors (Lipinski definition) is 5. The van der Waals surface area contributed by atoms with Crippen LogP contribution < -0.4 is 16.2 Å². The third-order valence-electron chi connectivity index (χ3n) is 5.71. The Labute approximate surface area is 215 Å². The average Bonchev–Trinajstić information content (AvgIpc) is 2.83. The van der Waals surface area contributed by atoms with Gasteiger partial charge in [-0.05, 0) is 39.8 Å². The number of anilines is 1. The van der Waals surface area contributed by atoms with Crippen molar-refractivity contribution in [1.29, 1.82) is 10.8 Å². The van der Waals surface area contributed by atoms with Crippen LogP contribution in [0.5, 0.6) is 0 Å². The molecule has 0 saturated heterocycles. The van der Waals surface area contributed by atoms with Gasteiger partial charge in [-0.15, -0.1) is 0 Å². The minimum Gasteiger partial charge on any atom is -0.481 e. The molecule has 2 atom stereocenters. The van der Waals surface area contributed by atoms with Crippen molar-refractivity contribution in [1.82, 2.24) is 19.8 Å². The minimum absolute atomic E-state index is 0.0267. The van der Waals surface area contributed by atoms with Gasteiger partial charge in [0.05, 0.1) is 43.7 Å². The van der Waals surface area contributed by atoms with Crippen molar-refractivity contribution in [2.45, 2.75) is 64.5 Å². The molecule has 1 aromatic rings. The molecule has 0 aromatic carbocycles. The molecular formula is C24H38FN7O5. The maximum atomic E-state index is 13.1. The normalized spacial score (nSPS) is 12.6. The van der Waals surface area contributed by atoms with Crippen LogP contribution >= 0.6 is 0 Å². The highest BCUT2D eigenvalue weighted by atomic mass is 19.1. The van der Waals surface area contributed by atoms with Crippen LogP contribution in [0.25, 0.3) is 0 Å². The number of aromatic nitrogens is 2. The van der Waals surface area contributed by atoms with Gasteiger partial charge in [-0.2, -0.15) is 0 Å². The molecule has 12 nitrogen and oxygen atoms in total. The number of carboxylic acid groups (broad SMARTS) is 1. The molecule has 0 saturated carbocycles. The number of ketones is 1. The number of nitrogens with one attached hydrogen (secondary N) is 4. The Balaban J connectivity index is 2.93. The quantitative estimate of drug-likeness (QED) is 0.134. The number of carbonyl (C=O) groups excluding carboxylic acids is 2. The number of Topliss-reactive ketones (excluding diaryl/α,β-unsaturated/α-hetero) is 1. The van der Waals surface area contributed by atoms with Gasteiger partial charge in [-0.25, -0.2) is 4.98 Å². The first-order valence-corrected chi connectivity index (χ1v) is 12.2. The van der Waals surface area contributed by atoms with Crippen molar-refractivity contribution in [3.8, 4) is 0 Å². The lowest BCUT2D eigenvalue weighted by Crippen LogP contribution is -2.49. The van der Waals surface area contributed by atoms with Crippen molar-refractivity contribution < 1.29 is 23.9 Å². The molecule has 0 fully saturated rings. The Morgan fingerprint density at radius 3 is 2.49 bits per heavy atom. The van der Waals surface area contributed by atoms with E-state index < -0.39 is 41.7 Å². The monoisotopic (exact) mass is 523 g/mol. The van der Waals surface area contributed by atoms with Crippen molar-refractivity contribution in [2.24, 2.45) is 0 Å². The average molecular weight is 524 g/mol. The number of aliphatic carboxylic acids is 1.